The van der Waals surface area contributed by atoms with E-state index in [2.05, 4.69) is 23.3 Å². The van der Waals surface area contributed by atoms with Crippen molar-refractivity contribution in [2.24, 2.45) is 5.41 Å². The smallest absolute Gasteiger partial charge is 0.271 e. The van der Waals surface area contributed by atoms with Gasteiger partial charge in [0.25, 0.3) is 0 Å². The molecule has 0 spiro atoms. The summed E-state index contributed by atoms with van der Waals surface area (Å²) in [6.07, 6.45) is 4.17. The Bertz CT molecular complexity index is 851. The van der Waals surface area contributed by atoms with E-state index in [9.17, 15) is 4.79 Å². The monoisotopic (exact) mass is 292 g/mol. The number of hydrogen-bond acceptors (Lipinski definition) is 3. The summed E-state index contributed by atoms with van der Waals surface area (Å²) in [7, 11) is 0. The molecule has 3 saturated carbocycles. The Balaban J connectivity index is 1.56. The van der Waals surface area contributed by atoms with Crippen molar-refractivity contribution in [3.8, 4) is 6.07 Å². The summed E-state index contributed by atoms with van der Waals surface area (Å²) in [5, 5.41) is 13.8. The Morgan fingerprint density at radius 3 is 2.64 bits per heavy atom. The van der Waals surface area contributed by atoms with Gasteiger partial charge in [-0.2, -0.15) is 10.4 Å². The van der Waals surface area contributed by atoms with Crippen molar-refractivity contribution < 1.29 is 0 Å². The van der Waals surface area contributed by atoms with Gasteiger partial charge in [-0.25, -0.2) is 9.48 Å². The molecule has 0 N–H and O–H groups in total. The molecule has 5 heteroatoms. The number of fused-ring (bicyclic) bond motifs is 1. The molecule has 1 atom stereocenters. The summed E-state index contributed by atoms with van der Waals surface area (Å²) in [5.74, 6) is 0.898. The zero-order chi connectivity index (χ0) is 14.9. The highest BCUT2D eigenvalue weighted by molar-refractivity contribution is 5.29. The summed E-state index contributed by atoms with van der Waals surface area (Å²) >= 11 is 0. The van der Waals surface area contributed by atoms with E-state index in [0.717, 1.165) is 37.9 Å². The summed E-state index contributed by atoms with van der Waals surface area (Å²) in [5.41, 5.74) is 0.860. The lowest BCUT2D eigenvalue weighted by Crippen LogP contribution is -2.69. The summed E-state index contributed by atoms with van der Waals surface area (Å²) in [4.78, 5) is 12.9. The predicted octanol–water partition coefficient (Wildman–Crippen LogP) is 1.98. The minimum Gasteiger partial charge on any atom is -0.271 e. The summed E-state index contributed by atoms with van der Waals surface area (Å²) < 4.78 is 3.56. The first-order chi connectivity index (χ1) is 10.7. The number of nitrogens with zero attached hydrogens (tertiary/aromatic N) is 4. The largest absolute Gasteiger partial charge is 0.347 e. The number of aryl methyl sites for hydroxylation is 1. The molecule has 6 rings (SSSR count). The van der Waals surface area contributed by atoms with Crippen LogP contribution in [0.5, 0.6) is 0 Å². The molecule has 0 unspecified atom stereocenters. The zero-order valence-electron chi connectivity index (χ0n) is 12.2. The standard InChI is InChI=1S/C17H16N4O/c18-11-16-8-17(9-16,10-16)21-15(22)20-13(6-7-14(20)19-21)12-4-2-1-3-5-12/h1-5,13H,6-10H2/t13-,16?,17?/m0/s1. The Kier molecular flexibility index (Phi) is 2.05. The van der Waals surface area contributed by atoms with Crippen molar-refractivity contribution in [3.63, 3.8) is 0 Å². The second kappa shape index (κ2) is 3.70. The molecule has 110 valence electrons. The quantitative estimate of drug-likeness (QED) is 0.850. The van der Waals surface area contributed by atoms with Gasteiger partial charge in [0.1, 0.15) is 5.82 Å². The Morgan fingerprint density at radius 1 is 1.23 bits per heavy atom. The molecule has 4 aliphatic rings. The number of aromatic nitrogens is 3. The lowest BCUT2D eigenvalue weighted by Gasteiger charge is -2.65. The molecule has 22 heavy (non-hydrogen) atoms. The van der Waals surface area contributed by atoms with Crippen LogP contribution in [-0.2, 0) is 12.0 Å². The average Bonchev–Trinajstić information content (AvgIpc) is 3.00. The normalized spacial score (nSPS) is 34.4. The first-order valence-electron chi connectivity index (χ1n) is 7.84. The Hall–Kier alpha value is -2.35. The van der Waals surface area contributed by atoms with Crippen LogP contribution in [0.3, 0.4) is 0 Å². The van der Waals surface area contributed by atoms with Crippen LogP contribution >= 0.6 is 0 Å². The molecule has 3 fully saturated rings. The van der Waals surface area contributed by atoms with Crippen LogP contribution in [0.25, 0.3) is 0 Å². The summed E-state index contributed by atoms with van der Waals surface area (Å²) in [6.45, 7) is 0. The van der Waals surface area contributed by atoms with Crippen molar-refractivity contribution in [2.75, 3.05) is 0 Å². The molecule has 1 aliphatic heterocycles. The minimum absolute atomic E-state index is 0.00703. The third-order valence-corrected chi connectivity index (χ3v) is 5.71. The van der Waals surface area contributed by atoms with E-state index in [1.54, 1.807) is 4.68 Å². The highest BCUT2D eigenvalue weighted by Gasteiger charge is 2.71. The Morgan fingerprint density at radius 2 is 1.95 bits per heavy atom. The Labute approximate surface area is 127 Å². The number of nitriles is 1. The highest BCUT2D eigenvalue weighted by atomic mass is 16.2. The van der Waals surface area contributed by atoms with Gasteiger partial charge < -0.3 is 0 Å². The molecule has 2 bridgehead atoms. The molecule has 0 amide bonds. The maximum absolute atomic E-state index is 12.9. The third kappa shape index (κ3) is 1.29. The van der Waals surface area contributed by atoms with E-state index in [4.69, 9.17) is 5.26 Å². The van der Waals surface area contributed by atoms with Crippen LogP contribution < -0.4 is 5.69 Å². The van der Waals surface area contributed by atoms with Crippen molar-refractivity contribution in [1.82, 2.24) is 14.3 Å². The molecular weight excluding hydrogens is 276 g/mol. The van der Waals surface area contributed by atoms with Gasteiger partial charge in [0.2, 0.25) is 0 Å². The zero-order valence-corrected chi connectivity index (χ0v) is 12.2. The molecule has 2 heterocycles. The lowest BCUT2D eigenvalue weighted by molar-refractivity contribution is -0.155. The SMILES string of the molecule is N#CC12CC(n3nc4n(c3=O)[C@H](c3ccccc3)CC4)(C1)C2. The molecule has 1 aromatic carbocycles. The second-order valence-electron chi connectivity index (χ2n) is 7.09. The van der Waals surface area contributed by atoms with Gasteiger partial charge in [-0.15, -0.1) is 0 Å². The molecule has 3 aliphatic carbocycles. The topological polar surface area (TPSA) is 63.6 Å². The first kappa shape index (κ1) is 12.2. The molecule has 0 saturated heterocycles. The van der Waals surface area contributed by atoms with Gasteiger partial charge in [0.15, 0.2) is 0 Å². The van der Waals surface area contributed by atoms with Gasteiger partial charge in [-0.3, -0.25) is 4.57 Å². The van der Waals surface area contributed by atoms with Gasteiger partial charge in [0, 0.05) is 6.42 Å². The maximum Gasteiger partial charge on any atom is 0.347 e. The van der Waals surface area contributed by atoms with Gasteiger partial charge in [-0.1, -0.05) is 30.3 Å². The van der Waals surface area contributed by atoms with Crippen LogP contribution in [0.1, 0.15) is 43.1 Å². The lowest BCUT2D eigenvalue weighted by atomic mass is 9.40. The fourth-order valence-electron chi connectivity index (χ4n) is 4.67. The van der Waals surface area contributed by atoms with E-state index in [1.807, 2.05) is 22.8 Å². The van der Waals surface area contributed by atoms with Crippen molar-refractivity contribution >= 4 is 0 Å². The molecule has 0 radical (unpaired) electrons. The minimum atomic E-state index is -0.161. The van der Waals surface area contributed by atoms with E-state index in [-0.39, 0.29) is 22.7 Å². The van der Waals surface area contributed by atoms with Gasteiger partial charge in [-0.05, 0) is 31.2 Å². The average molecular weight is 292 g/mol. The van der Waals surface area contributed by atoms with E-state index >= 15 is 0 Å². The second-order valence-corrected chi connectivity index (χ2v) is 7.09. The molecule has 5 nitrogen and oxygen atoms in total. The van der Waals surface area contributed by atoms with Gasteiger partial charge in [0.05, 0.1) is 23.1 Å². The van der Waals surface area contributed by atoms with Crippen LogP contribution in [-0.4, -0.2) is 14.3 Å². The summed E-state index contributed by atoms with van der Waals surface area (Å²) in [6, 6.07) is 12.7. The fraction of sp³-hybridized carbons (Fsp3) is 0.471. The van der Waals surface area contributed by atoms with Crippen LogP contribution in [0, 0.1) is 16.7 Å². The van der Waals surface area contributed by atoms with Crippen LogP contribution in [0.15, 0.2) is 35.1 Å². The maximum atomic E-state index is 12.9. The number of hydrogen-bond donors (Lipinski definition) is 0. The van der Waals surface area contributed by atoms with Crippen molar-refractivity contribution in [2.45, 2.75) is 43.7 Å². The third-order valence-electron chi connectivity index (χ3n) is 5.71. The number of rotatable bonds is 2. The predicted molar refractivity (Wildman–Crippen MR) is 79.3 cm³/mol. The molecule has 1 aromatic heterocycles. The van der Waals surface area contributed by atoms with Crippen molar-refractivity contribution in [3.05, 3.63) is 52.2 Å². The molecule has 2 aromatic rings. The van der Waals surface area contributed by atoms with E-state index in [1.165, 1.54) is 5.56 Å². The molecular formula is C17H16N4O. The van der Waals surface area contributed by atoms with E-state index in [0.29, 0.717) is 0 Å². The number of benzene rings is 1. The van der Waals surface area contributed by atoms with E-state index < -0.39 is 0 Å². The van der Waals surface area contributed by atoms with Crippen molar-refractivity contribution in [1.29, 1.82) is 5.26 Å². The van der Waals surface area contributed by atoms with Crippen LogP contribution in [0.2, 0.25) is 0 Å². The highest BCUT2D eigenvalue weighted by Crippen LogP contribution is 2.70. The first-order valence-corrected chi connectivity index (χ1v) is 7.84. The van der Waals surface area contributed by atoms with Gasteiger partial charge >= 0.3 is 5.69 Å². The van der Waals surface area contributed by atoms with Crippen LogP contribution in [0.4, 0.5) is 0 Å². The fourth-order valence-corrected chi connectivity index (χ4v) is 4.67.